The molecule has 4 aliphatic rings. The number of carbonyl (C=O) groups is 1. The Morgan fingerprint density at radius 2 is 1.77 bits per heavy atom. The Hall–Kier alpha value is -0.850. The summed E-state index contributed by atoms with van der Waals surface area (Å²) in [5.74, 6) is 5.94. The van der Waals surface area contributed by atoms with Gasteiger partial charge in [0.1, 0.15) is 5.78 Å². The van der Waals surface area contributed by atoms with E-state index in [1.165, 1.54) is 32.1 Å². The van der Waals surface area contributed by atoms with E-state index in [0.29, 0.717) is 34.9 Å². The van der Waals surface area contributed by atoms with Gasteiger partial charge in [0.25, 0.3) is 0 Å². The van der Waals surface area contributed by atoms with Crippen LogP contribution >= 0.6 is 0 Å². The molecule has 0 radical (unpaired) electrons. The molecule has 9 atom stereocenters. The van der Waals surface area contributed by atoms with E-state index in [4.69, 9.17) is 0 Å². The number of rotatable bonds is 5. The van der Waals surface area contributed by atoms with Crippen molar-refractivity contribution in [3.8, 4) is 0 Å². The van der Waals surface area contributed by atoms with Gasteiger partial charge in [-0.25, -0.2) is 0 Å². The normalized spacial score (nSPS) is 45.3. The van der Waals surface area contributed by atoms with Crippen LogP contribution in [0.1, 0.15) is 92.9 Å². The molecule has 0 saturated heterocycles. The van der Waals surface area contributed by atoms with Crippen molar-refractivity contribution in [1.29, 1.82) is 0 Å². The highest BCUT2D eigenvalue weighted by atomic mass is 16.1. The fourth-order valence-corrected chi connectivity index (χ4v) is 8.84. The molecule has 3 fully saturated rings. The SMILES string of the molecule is CC[C@H](C=C[C@@H](C)[C@H]1CC[C@H]2[C@@H]3CC(=O)[C@H]4CC=CC[C@]4(C)[C@H]3CC[C@]12C)C(C)C. The van der Waals surface area contributed by atoms with Gasteiger partial charge in [0, 0.05) is 12.3 Å². The molecule has 3 saturated carbocycles. The van der Waals surface area contributed by atoms with Gasteiger partial charge in [-0.05, 0) is 97.2 Å². The summed E-state index contributed by atoms with van der Waals surface area (Å²) in [6, 6.07) is 0. The van der Waals surface area contributed by atoms with Gasteiger partial charge in [0.15, 0.2) is 0 Å². The second-order valence-electron chi connectivity index (χ2n) is 12.3. The van der Waals surface area contributed by atoms with E-state index < -0.39 is 0 Å². The molecule has 1 nitrogen and oxygen atoms in total. The molecule has 0 N–H and O–H groups in total. The van der Waals surface area contributed by atoms with Crippen LogP contribution in [-0.2, 0) is 4.79 Å². The summed E-state index contributed by atoms with van der Waals surface area (Å²) >= 11 is 0. The molecule has 0 spiro atoms. The highest BCUT2D eigenvalue weighted by Gasteiger charge is 2.61. The molecule has 1 heteroatoms. The number of carbonyl (C=O) groups excluding carboxylic acids is 1. The zero-order valence-electron chi connectivity index (χ0n) is 20.5. The zero-order valence-corrected chi connectivity index (χ0v) is 20.5. The fourth-order valence-electron chi connectivity index (χ4n) is 8.84. The van der Waals surface area contributed by atoms with Gasteiger partial charge in [-0.2, -0.15) is 0 Å². The Morgan fingerprint density at radius 3 is 2.47 bits per heavy atom. The summed E-state index contributed by atoms with van der Waals surface area (Å²) in [7, 11) is 0. The third-order valence-corrected chi connectivity index (χ3v) is 10.7. The maximum atomic E-state index is 13.2. The maximum absolute atomic E-state index is 13.2. The van der Waals surface area contributed by atoms with Crippen molar-refractivity contribution in [3.63, 3.8) is 0 Å². The number of allylic oxidation sites excluding steroid dienone is 4. The first-order valence-corrected chi connectivity index (χ1v) is 13.1. The Bertz CT molecular complexity index is 701. The molecular weight excluding hydrogens is 364 g/mol. The van der Waals surface area contributed by atoms with Crippen LogP contribution in [0.5, 0.6) is 0 Å². The third-order valence-electron chi connectivity index (χ3n) is 10.7. The van der Waals surface area contributed by atoms with Crippen molar-refractivity contribution in [1.82, 2.24) is 0 Å². The van der Waals surface area contributed by atoms with Gasteiger partial charge < -0.3 is 0 Å². The monoisotopic (exact) mass is 410 g/mol. The number of Topliss-reactive ketones (excluding diaryl/α,β-unsaturated/α-hetero) is 1. The predicted octanol–water partition coefficient (Wildman–Crippen LogP) is 7.86. The Kier molecular flexibility index (Phi) is 6.15. The lowest BCUT2D eigenvalue weighted by molar-refractivity contribution is -0.149. The van der Waals surface area contributed by atoms with E-state index >= 15 is 0 Å². The first-order valence-electron chi connectivity index (χ1n) is 13.1. The van der Waals surface area contributed by atoms with Crippen molar-refractivity contribution in [3.05, 3.63) is 24.3 Å². The molecule has 0 aromatic carbocycles. The summed E-state index contributed by atoms with van der Waals surface area (Å²) in [6.45, 7) is 14.6. The van der Waals surface area contributed by atoms with Crippen LogP contribution in [0.2, 0.25) is 0 Å². The molecule has 0 aliphatic heterocycles. The van der Waals surface area contributed by atoms with Crippen LogP contribution in [0.25, 0.3) is 0 Å². The summed E-state index contributed by atoms with van der Waals surface area (Å²) in [6.07, 6.45) is 19.4. The number of fused-ring (bicyclic) bond motifs is 5. The molecule has 168 valence electrons. The van der Waals surface area contributed by atoms with Gasteiger partial charge in [-0.15, -0.1) is 0 Å². The van der Waals surface area contributed by atoms with Crippen LogP contribution in [0.3, 0.4) is 0 Å². The zero-order chi connectivity index (χ0) is 21.7. The topological polar surface area (TPSA) is 17.1 Å². The smallest absolute Gasteiger partial charge is 0.137 e. The molecule has 0 unspecified atom stereocenters. The van der Waals surface area contributed by atoms with E-state index in [2.05, 4.69) is 65.8 Å². The molecule has 0 bridgehead atoms. The standard InChI is InChI=1S/C29H46O/c1-7-21(19(2)3)12-11-20(4)23-13-14-24-22-18-27(30)26-10-8-9-16-28(26,5)25(22)15-17-29(23,24)6/h8-9,11-12,19-26H,7,10,13-18H2,1-6H3/t20-,21-,22+,23-,24+,25+,26-,28-,29-/m1/s1. The second kappa shape index (κ2) is 8.25. The van der Waals surface area contributed by atoms with Crippen molar-refractivity contribution < 1.29 is 4.79 Å². The second-order valence-corrected chi connectivity index (χ2v) is 12.3. The minimum absolute atomic E-state index is 0.227. The van der Waals surface area contributed by atoms with Crippen LogP contribution in [0, 0.1) is 58.2 Å². The van der Waals surface area contributed by atoms with Gasteiger partial charge in [0.05, 0.1) is 0 Å². The van der Waals surface area contributed by atoms with Gasteiger partial charge in [-0.1, -0.05) is 65.8 Å². The number of ketones is 1. The van der Waals surface area contributed by atoms with Crippen molar-refractivity contribution in [2.24, 2.45) is 58.2 Å². The lowest BCUT2D eigenvalue weighted by Gasteiger charge is -2.59. The average molecular weight is 411 g/mol. The lowest BCUT2D eigenvalue weighted by atomic mass is 9.45. The van der Waals surface area contributed by atoms with Crippen LogP contribution < -0.4 is 0 Å². The average Bonchev–Trinajstić information content (AvgIpc) is 3.05. The van der Waals surface area contributed by atoms with E-state index in [0.717, 1.165) is 42.9 Å². The first-order chi connectivity index (χ1) is 14.2. The van der Waals surface area contributed by atoms with E-state index in [-0.39, 0.29) is 5.41 Å². The van der Waals surface area contributed by atoms with Gasteiger partial charge >= 0.3 is 0 Å². The van der Waals surface area contributed by atoms with Crippen molar-refractivity contribution in [2.45, 2.75) is 92.9 Å². The molecule has 0 aromatic heterocycles. The molecule has 0 amide bonds. The number of hydrogen-bond acceptors (Lipinski definition) is 1. The van der Waals surface area contributed by atoms with Gasteiger partial charge in [0.2, 0.25) is 0 Å². The molecule has 0 aromatic rings. The lowest BCUT2D eigenvalue weighted by Crippen LogP contribution is -2.55. The highest BCUT2D eigenvalue weighted by Crippen LogP contribution is 2.67. The van der Waals surface area contributed by atoms with Gasteiger partial charge in [-0.3, -0.25) is 4.79 Å². The molecule has 4 aliphatic carbocycles. The summed E-state index contributed by atoms with van der Waals surface area (Å²) in [5.41, 5.74) is 0.656. The van der Waals surface area contributed by atoms with Crippen LogP contribution in [0.15, 0.2) is 24.3 Å². The van der Waals surface area contributed by atoms with Crippen molar-refractivity contribution in [2.75, 3.05) is 0 Å². The minimum atomic E-state index is 0.227. The molecule has 30 heavy (non-hydrogen) atoms. The van der Waals surface area contributed by atoms with Crippen LogP contribution in [0.4, 0.5) is 0 Å². The van der Waals surface area contributed by atoms with E-state index in [9.17, 15) is 4.79 Å². The number of hydrogen-bond donors (Lipinski definition) is 0. The Balaban J connectivity index is 1.54. The molecular formula is C29H46O. The fraction of sp³-hybridized carbons (Fsp3) is 0.828. The van der Waals surface area contributed by atoms with Crippen LogP contribution in [-0.4, -0.2) is 5.78 Å². The maximum Gasteiger partial charge on any atom is 0.137 e. The molecule has 4 rings (SSSR count). The largest absolute Gasteiger partial charge is 0.299 e. The summed E-state index contributed by atoms with van der Waals surface area (Å²) < 4.78 is 0. The first kappa shape index (κ1) is 22.3. The highest BCUT2D eigenvalue weighted by molar-refractivity contribution is 5.83. The quantitative estimate of drug-likeness (QED) is 0.421. The molecule has 0 heterocycles. The van der Waals surface area contributed by atoms with E-state index in [1.54, 1.807) is 0 Å². The predicted molar refractivity (Wildman–Crippen MR) is 127 cm³/mol. The Morgan fingerprint density at radius 1 is 1.03 bits per heavy atom. The summed E-state index contributed by atoms with van der Waals surface area (Å²) in [5, 5.41) is 0. The minimum Gasteiger partial charge on any atom is -0.299 e. The van der Waals surface area contributed by atoms with Crippen molar-refractivity contribution >= 4 is 5.78 Å². The Labute approximate surface area is 186 Å². The third kappa shape index (κ3) is 3.47. The van der Waals surface area contributed by atoms with E-state index in [1.807, 2.05) is 0 Å². The summed E-state index contributed by atoms with van der Waals surface area (Å²) in [4.78, 5) is 13.2.